The zero-order valence-electron chi connectivity index (χ0n) is 21.6. The van der Waals surface area contributed by atoms with Crippen molar-refractivity contribution in [3.63, 3.8) is 0 Å². The molecule has 0 amide bonds. The van der Waals surface area contributed by atoms with E-state index in [-0.39, 0.29) is 19.6 Å². The maximum atomic E-state index is 11.9. The molecule has 204 valence electrons. The van der Waals surface area contributed by atoms with Gasteiger partial charge in [-0.3, -0.25) is 13.8 Å². The molecule has 34 heavy (non-hydrogen) atoms. The van der Waals surface area contributed by atoms with E-state index in [0.717, 1.165) is 19.3 Å². The molecule has 0 aliphatic rings. The minimum atomic E-state index is -4.26. The van der Waals surface area contributed by atoms with E-state index >= 15 is 0 Å². The molecule has 2 atom stereocenters. The fourth-order valence-corrected chi connectivity index (χ4v) is 4.51. The summed E-state index contributed by atoms with van der Waals surface area (Å²) in [6.45, 7) is 1.29. The average molecular weight is 510 g/mol. The predicted molar refractivity (Wildman–Crippen MR) is 137 cm³/mol. The molecule has 0 aliphatic heterocycles. The van der Waals surface area contributed by atoms with E-state index in [2.05, 4.69) is 11.4 Å². The van der Waals surface area contributed by atoms with E-state index in [0.29, 0.717) is 0 Å². The van der Waals surface area contributed by atoms with Crippen LogP contribution in [-0.4, -0.2) is 48.4 Å². The lowest BCUT2D eigenvalue weighted by Gasteiger charge is -2.17. The first-order valence-corrected chi connectivity index (χ1v) is 15.1. The molecular formula is C25H52NO7P. The second-order valence-corrected chi connectivity index (χ2v) is 10.5. The van der Waals surface area contributed by atoms with Crippen LogP contribution in [0.1, 0.15) is 122 Å². The van der Waals surface area contributed by atoms with E-state index in [9.17, 15) is 19.4 Å². The molecule has 0 heterocycles. The van der Waals surface area contributed by atoms with Gasteiger partial charge < -0.3 is 20.5 Å². The van der Waals surface area contributed by atoms with Crippen molar-refractivity contribution in [1.82, 2.24) is 0 Å². The van der Waals surface area contributed by atoms with Crippen LogP contribution in [0.15, 0.2) is 0 Å². The number of ether oxygens (including phenoxy) is 1. The standard InChI is InChI=1S/C25H52NO7P/c1-2-3-4-5-6-7-8-9-10-11-12-13-14-15-16-17-18-19-25(28)33-24(22-27)23-32-34(29,30)31-21-20-26/h24,27H,2-23,26H2,1H3,(H,29,30). The minimum absolute atomic E-state index is 0.0751. The van der Waals surface area contributed by atoms with Crippen molar-refractivity contribution in [3.8, 4) is 0 Å². The van der Waals surface area contributed by atoms with Crippen molar-refractivity contribution >= 4 is 13.8 Å². The zero-order valence-corrected chi connectivity index (χ0v) is 22.5. The van der Waals surface area contributed by atoms with Gasteiger partial charge in [0.2, 0.25) is 0 Å². The number of unbranched alkanes of at least 4 members (excludes halogenated alkanes) is 16. The van der Waals surface area contributed by atoms with Gasteiger partial charge in [0.15, 0.2) is 0 Å². The quantitative estimate of drug-likeness (QED) is 0.0733. The summed E-state index contributed by atoms with van der Waals surface area (Å²) in [6, 6.07) is 0. The molecule has 0 aromatic heterocycles. The zero-order chi connectivity index (χ0) is 25.3. The molecule has 0 spiro atoms. The third-order valence-electron chi connectivity index (χ3n) is 5.78. The Hall–Kier alpha value is -0.500. The SMILES string of the molecule is CCCCCCCCCCCCCCCCCCCC(=O)OC(CO)COP(=O)(O)OCCN. The van der Waals surface area contributed by atoms with Crippen molar-refractivity contribution in [3.05, 3.63) is 0 Å². The molecule has 0 bridgehead atoms. The Bertz CT molecular complexity index is 508. The van der Waals surface area contributed by atoms with Crippen LogP contribution in [0.5, 0.6) is 0 Å². The number of carbonyl (C=O) groups excluding carboxylic acids is 1. The normalized spacial score (nSPS) is 14.1. The van der Waals surface area contributed by atoms with Gasteiger partial charge in [-0.1, -0.05) is 110 Å². The van der Waals surface area contributed by atoms with Gasteiger partial charge in [0.05, 0.1) is 19.8 Å². The summed E-state index contributed by atoms with van der Waals surface area (Å²) in [5.41, 5.74) is 5.20. The minimum Gasteiger partial charge on any atom is -0.457 e. The lowest BCUT2D eigenvalue weighted by atomic mass is 10.0. The summed E-state index contributed by atoms with van der Waals surface area (Å²) in [7, 11) is -4.26. The Labute approximate surface area is 207 Å². The van der Waals surface area contributed by atoms with Crippen molar-refractivity contribution in [1.29, 1.82) is 0 Å². The largest absolute Gasteiger partial charge is 0.472 e. The van der Waals surface area contributed by atoms with Gasteiger partial charge in [0.25, 0.3) is 0 Å². The van der Waals surface area contributed by atoms with Gasteiger partial charge >= 0.3 is 13.8 Å². The molecule has 0 aromatic carbocycles. The molecule has 8 nitrogen and oxygen atoms in total. The topological polar surface area (TPSA) is 128 Å². The molecule has 9 heteroatoms. The number of rotatable bonds is 26. The molecule has 0 fully saturated rings. The molecule has 0 rings (SSSR count). The first kappa shape index (κ1) is 33.5. The smallest absolute Gasteiger partial charge is 0.457 e. The summed E-state index contributed by atoms with van der Waals surface area (Å²) < 4.78 is 26.0. The second-order valence-electron chi connectivity index (χ2n) is 9.09. The van der Waals surface area contributed by atoms with Crippen molar-refractivity contribution in [2.75, 3.05) is 26.4 Å². The first-order chi connectivity index (χ1) is 16.4. The summed E-state index contributed by atoms with van der Waals surface area (Å²) in [5, 5.41) is 9.28. The number of hydrogen-bond acceptors (Lipinski definition) is 7. The van der Waals surface area contributed by atoms with Crippen LogP contribution in [-0.2, 0) is 23.1 Å². The van der Waals surface area contributed by atoms with Crippen LogP contribution >= 0.6 is 7.82 Å². The van der Waals surface area contributed by atoms with E-state index in [4.69, 9.17) is 15.0 Å². The summed E-state index contributed by atoms with van der Waals surface area (Å²) >= 11 is 0. The van der Waals surface area contributed by atoms with Crippen molar-refractivity contribution in [2.24, 2.45) is 5.73 Å². The Morgan fingerprint density at radius 3 is 1.65 bits per heavy atom. The molecule has 0 radical (unpaired) electrons. The Morgan fingerprint density at radius 1 is 0.794 bits per heavy atom. The Kier molecular flexibility index (Phi) is 23.8. The third kappa shape index (κ3) is 23.3. The van der Waals surface area contributed by atoms with Crippen LogP contribution in [0.4, 0.5) is 0 Å². The monoisotopic (exact) mass is 509 g/mol. The van der Waals surface area contributed by atoms with Gasteiger partial charge in [0, 0.05) is 13.0 Å². The van der Waals surface area contributed by atoms with Crippen LogP contribution in [0.25, 0.3) is 0 Å². The van der Waals surface area contributed by atoms with Gasteiger partial charge in [-0.05, 0) is 6.42 Å². The van der Waals surface area contributed by atoms with E-state index in [1.54, 1.807) is 0 Å². The van der Waals surface area contributed by atoms with Gasteiger partial charge in [0.1, 0.15) is 6.10 Å². The number of aliphatic hydroxyl groups excluding tert-OH is 1. The lowest BCUT2D eigenvalue weighted by molar-refractivity contribution is -0.153. The Balaban J connectivity index is 3.50. The molecule has 0 aliphatic carbocycles. The second kappa shape index (κ2) is 24.2. The van der Waals surface area contributed by atoms with Crippen LogP contribution in [0, 0.1) is 0 Å². The van der Waals surface area contributed by atoms with Crippen LogP contribution < -0.4 is 5.73 Å². The molecule has 4 N–H and O–H groups in total. The number of carbonyl (C=O) groups is 1. The fourth-order valence-electron chi connectivity index (χ4n) is 3.75. The number of phosphoric ester groups is 1. The molecule has 0 saturated heterocycles. The third-order valence-corrected chi connectivity index (χ3v) is 6.77. The maximum absolute atomic E-state index is 11.9. The highest BCUT2D eigenvalue weighted by molar-refractivity contribution is 7.47. The molecular weight excluding hydrogens is 457 g/mol. The fraction of sp³-hybridized carbons (Fsp3) is 0.960. The summed E-state index contributed by atoms with van der Waals surface area (Å²) in [4.78, 5) is 21.3. The number of aliphatic hydroxyl groups is 1. The van der Waals surface area contributed by atoms with Crippen LogP contribution in [0.2, 0.25) is 0 Å². The van der Waals surface area contributed by atoms with E-state index in [1.807, 2.05) is 0 Å². The average Bonchev–Trinajstić information content (AvgIpc) is 2.82. The number of esters is 1. The maximum Gasteiger partial charge on any atom is 0.472 e. The van der Waals surface area contributed by atoms with Gasteiger partial charge in [-0.25, -0.2) is 4.57 Å². The van der Waals surface area contributed by atoms with E-state index < -0.39 is 33.1 Å². The van der Waals surface area contributed by atoms with Crippen molar-refractivity contribution < 1.29 is 33.1 Å². The predicted octanol–water partition coefficient (Wildman–Crippen LogP) is 6.02. The summed E-state index contributed by atoms with van der Waals surface area (Å²) in [5.74, 6) is -0.445. The molecule has 2 unspecified atom stereocenters. The molecule has 0 aromatic rings. The summed E-state index contributed by atoms with van der Waals surface area (Å²) in [6.07, 6.45) is 20.9. The lowest BCUT2D eigenvalue weighted by Crippen LogP contribution is -2.27. The highest BCUT2D eigenvalue weighted by atomic mass is 31.2. The van der Waals surface area contributed by atoms with Crippen molar-refractivity contribution in [2.45, 2.75) is 129 Å². The van der Waals surface area contributed by atoms with Crippen LogP contribution in [0.3, 0.4) is 0 Å². The highest BCUT2D eigenvalue weighted by Gasteiger charge is 2.24. The number of nitrogens with two attached hydrogens (primary N) is 1. The first-order valence-electron chi connectivity index (χ1n) is 13.6. The number of hydrogen-bond donors (Lipinski definition) is 3. The van der Waals surface area contributed by atoms with Gasteiger partial charge in [-0.2, -0.15) is 0 Å². The Morgan fingerprint density at radius 2 is 1.24 bits per heavy atom. The number of phosphoric acid groups is 1. The highest BCUT2D eigenvalue weighted by Crippen LogP contribution is 2.42. The van der Waals surface area contributed by atoms with E-state index in [1.165, 1.54) is 89.9 Å². The van der Waals surface area contributed by atoms with Gasteiger partial charge in [-0.15, -0.1) is 0 Å². The molecule has 0 saturated carbocycles.